The summed E-state index contributed by atoms with van der Waals surface area (Å²) in [4.78, 5) is 8.37. The molecule has 0 saturated heterocycles. The van der Waals surface area contributed by atoms with E-state index >= 15 is 0 Å². The highest BCUT2D eigenvalue weighted by Gasteiger charge is 2.36. The van der Waals surface area contributed by atoms with Gasteiger partial charge >= 0.3 is 0 Å². The van der Waals surface area contributed by atoms with Crippen molar-refractivity contribution < 1.29 is 4.43 Å². The molecule has 0 radical (unpaired) electrons. The van der Waals surface area contributed by atoms with Gasteiger partial charge in [0.15, 0.2) is 13.5 Å². The van der Waals surface area contributed by atoms with Gasteiger partial charge in [0.1, 0.15) is 5.52 Å². The van der Waals surface area contributed by atoms with Gasteiger partial charge in [-0.05, 0) is 30.6 Å². The largest absolute Gasteiger partial charge is 0.417 e. The smallest absolute Gasteiger partial charge is 0.191 e. The first kappa shape index (κ1) is 16.5. The molecule has 0 aliphatic carbocycles. The molecule has 2 aromatic heterocycles. The fourth-order valence-corrected chi connectivity index (χ4v) is 3.21. The third-order valence-corrected chi connectivity index (χ3v) is 9.12. The molecule has 6 heteroatoms. The van der Waals surface area contributed by atoms with Gasteiger partial charge in [-0.15, -0.1) is 0 Å². The molecule has 0 amide bonds. The zero-order valence-corrected chi connectivity index (χ0v) is 15.2. The van der Waals surface area contributed by atoms with Gasteiger partial charge in [-0.25, -0.2) is 9.97 Å². The van der Waals surface area contributed by atoms with E-state index in [2.05, 4.69) is 48.4 Å². The second-order valence-electron chi connectivity index (χ2n) is 6.87. The molecule has 0 unspecified atom stereocenters. The van der Waals surface area contributed by atoms with E-state index in [0.29, 0.717) is 5.15 Å². The van der Waals surface area contributed by atoms with Crippen LogP contribution in [0.15, 0.2) is 18.6 Å². The summed E-state index contributed by atoms with van der Waals surface area (Å²) < 4.78 is 8.30. The second-order valence-corrected chi connectivity index (χ2v) is 12.0. The number of pyridine rings is 1. The number of halogens is 1. The summed E-state index contributed by atoms with van der Waals surface area (Å²) in [7, 11) is -1.65. The summed E-state index contributed by atoms with van der Waals surface area (Å²) in [5, 5.41) is 0.720. The Morgan fingerprint density at radius 3 is 2.67 bits per heavy atom. The standard InChI is InChI=1S/C15H24ClN3OSi/c1-15(2,3)21(4,5)20-10-6-9-19-11-18-13-12(19)7-8-17-14(13)16/h7-8,11H,6,9-10H2,1-5H3. The van der Waals surface area contributed by atoms with Gasteiger partial charge in [-0.1, -0.05) is 32.4 Å². The molecule has 0 aliphatic heterocycles. The van der Waals surface area contributed by atoms with Gasteiger partial charge in [0.05, 0.1) is 11.8 Å². The van der Waals surface area contributed by atoms with Crippen LogP contribution in [0.5, 0.6) is 0 Å². The van der Waals surface area contributed by atoms with Crippen molar-refractivity contribution in [2.45, 2.75) is 51.9 Å². The van der Waals surface area contributed by atoms with Gasteiger partial charge < -0.3 is 8.99 Å². The van der Waals surface area contributed by atoms with Crippen molar-refractivity contribution in [3.63, 3.8) is 0 Å². The molecule has 2 rings (SSSR count). The average molecular weight is 326 g/mol. The number of hydrogen-bond donors (Lipinski definition) is 0. The van der Waals surface area contributed by atoms with E-state index in [1.807, 2.05) is 12.4 Å². The minimum Gasteiger partial charge on any atom is -0.417 e. The summed E-state index contributed by atoms with van der Waals surface area (Å²) in [6.45, 7) is 13.0. The quantitative estimate of drug-likeness (QED) is 0.461. The molecule has 0 bridgehead atoms. The molecule has 2 heterocycles. The number of rotatable bonds is 5. The van der Waals surface area contributed by atoms with E-state index < -0.39 is 8.32 Å². The number of imidazole rings is 1. The molecule has 0 saturated carbocycles. The molecular weight excluding hydrogens is 302 g/mol. The van der Waals surface area contributed by atoms with E-state index in [-0.39, 0.29) is 5.04 Å². The summed E-state index contributed by atoms with van der Waals surface area (Å²) in [5.74, 6) is 0. The van der Waals surface area contributed by atoms with Crippen molar-refractivity contribution in [3.05, 3.63) is 23.7 Å². The number of nitrogens with zero attached hydrogens (tertiary/aromatic N) is 3. The number of aryl methyl sites for hydroxylation is 1. The van der Waals surface area contributed by atoms with Gasteiger partial charge in [0.25, 0.3) is 0 Å². The van der Waals surface area contributed by atoms with Crippen molar-refractivity contribution in [1.29, 1.82) is 0 Å². The SMILES string of the molecule is CC(C)(C)[Si](C)(C)OCCCn1cnc2c(Cl)nccc21. The maximum Gasteiger partial charge on any atom is 0.191 e. The second kappa shape index (κ2) is 6.06. The van der Waals surface area contributed by atoms with Crippen molar-refractivity contribution in [2.75, 3.05) is 6.61 Å². The van der Waals surface area contributed by atoms with Crippen LogP contribution in [-0.2, 0) is 11.0 Å². The molecule has 0 atom stereocenters. The van der Waals surface area contributed by atoms with Gasteiger partial charge in [-0.3, -0.25) is 0 Å². The Labute approximate surface area is 132 Å². The van der Waals surface area contributed by atoms with E-state index in [4.69, 9.17) is 16.0 Å². The normalized spacial score (nSPS) is 13.0. The van der Waals surface area contributed by atoms with Crippen LogP contribution in [0.3, 0.4) is 0 Å². The van der Waals surface area contributed by atoms with Crippen LogP contribution in [0.2, 0.25) is 23.3 Å². The third-order valence-electron chi connectivity index (χ3n) is 4.31. The first-order valence-electron chi connectivity index (χ1n) is 7.32. The van der Waals surface area contributed by atoms with Crippen molar-refractivity contribution in [2.24, 2.45) is 0 Å². The summed E-state index contributed by atoms with van der Waals surface area (Å²) >= 11 is 6.04. The Bertz CT molecular complexity index is 619. The molecule has 0 spiro atoms. The van der Waals surface area contributed by atoms with Gasteiger partial charge in [0.2, 0.25) is 0 Å². The maximum absolute atomic E-state index is 6.19. The lowest BCUT2D eigenvalue weighted by Crippen LogP contribution is -2.41. The van der Waals surface area contributed by atoms with Gasteiger partial charge in [-0.2, -0.15) is 0 Å². The van der Waals surface area contributed by atoms with E-state index in [0.717, 1.165) is 30.6 Å². The maximum atomic E-state index is 6.19. The Kier molecular flexibility index (Phi) is 4.75. The Balaban J connectivity index is 1.93. The Hall–Kier alpha value is -0.913. The number of hydrogen-bond acceptors (Lipinski definition) is 3. The summed E-state index contributed by atoms with van der Waals surface area (Å²) in [6, 6.07) is 1.95. The van der Waals surface area contributed by atoms with E-state index in [1.54, 1.807) is 6.20 Å². The zero-order valence-electron chi connectivity index (χ0n) is 13.5. The molecule has 0 fully saturated rings. The van der Waals surface area contributed by atoms with Crippen LogP contribution in [0, 0.1) is 0 Å². The fraction of sp³-hybridized carbons (Fsp3) is 0.600. The van der Waals surface area contributed by atoms with E-state index in [9.17, 15) is 0 Å². The van der Waals surface area contributed by atoms with Crippen LogP contribution in [0.1, 0.15) is 27.2 Å². The predicted octanol–water partition coefficient (Wildman–Crippen LogP) is 4.50. The van der Waals surface area contributed by atoms with Crippen molar-refractivity contribution >= 4 is 31.0 Å². The third kappa shape index (κ3) is 3.65. The lowest BCUT2D eigenvalue weighted by molar-refractivity contribution is 0.275. The van der Waals surface area contributed by atoms with Gasteiger partial charge in [0, 0.05) is 19.3 Å². The summed E-state index contributed by atoms with van der Waals surface area (Å²) in [5.41, 5.74) is 1.80. The molecule has 4 nitrogen and oxygen atoms in total. The van der Waals surface area contributed by atoms with Crippen molar-refractivity contribution in [3.8, 4) is 0 Å². The molecule has 0 aromatic carbocycles. The van der Waals surface area contributed by atoms with E-state index in [1.165, 1.54) is 0 Å². The number of aromatic nitrogens is 3. The predicted molar refractivity (Wildman–Crippen MR) is 90.3 cm³/mol. The van der Waals surface area contributed by atoms with Crippen LogP contribution in [0.4, 0.5) is 0 Å². The Morgan fingerprint density at radius 1 is 1.29 bits per heavy atom. The van der Waals surface area contributed by atoms with Crippen LogP contribution in [-0.4, -0.2) is 29.5 Å². The lowest BCUT2D eigenvalue weighted by Gasteiger charge is -2.36. The van der Waals surface area contributed by atoms with Crippen LogP contribution in [0.25, 0.3) is 11.0 Å². The lowest BCUT2D eigenvalue weighted by atomic mass is 10.2. The topological polar surface area (TPSA) is 39.9 Å². The molecule has 0 N–H and O–H groups in total. The first-order chi connectivity index (χ1) is 9.72. The Morgan fingerprint density at radius 2 is 2.00 bits per heavy atom. The summed E-state index contributed by atoms with van der Waals surface area (Å²) in [6.07, 6.45) is 4.51. The van der Waals surface area contributed by atoms with Crippen LogP contribution < -0.4 is 0 Å². The molecule has 116 valence electrons. The average Bonchev–Trinajstić information content (AvgIpc) is 2.78. The first-order valence-corrected chi connectivity index (χ1v) is 10.6. The van der Waals surface area contributed by atoms with Crippen molar-refractivity contribution in [1.82, 2.24) is 14.5 Å². The monoisotopic (exact) mass is 325 g/mol. The molecule has 21 heavy (non-hydrogen) atoms. The fourth-order valence-electron chi connectivity index (χ4n) is 1.92. The highest BCUT2D eigenvalue weighted by Crippen LogP contribution is 2.36. The minimum atomic E-state index is -1.65. The highest BCUT2D eigenvalue weighted by atomic mass is 35.5. The minimum absolute atomic E-state index is 0.258. The van der Waals surface area contributed by atoms with Crippen LogP contribution >= 0.6 is 11.6 Å². The molecule has 2 aromatic rings. The highest BCUT2D eigenvalue weighted by molar-refractivity contribution is 6.74. The number of fused-ring (bicyclic) bond motifs is 1. The zero-order chi connectivity index (χ0) is 15.7. The molecular formula is C15H24ClN3OSi. The molecule has 0 aliphatic rings.